The third kappa shape index (κ3) is 3.44. The van der Waals surface area contributed by atoms with Crippen LogP contribution in [0.15, 0.2) is 48.5 Å². The molecule has 1 heterocycles. The van der Waals surface area contributed by atoms with E-state index in [2.05, 4.69) is 0 Å². The topological polar surface area (TPSA) is 80.8 Å². The Labute approximate surface area is 151 Å². The summed E-state index contributed by atoms with van der Waals surface area (Å²) < 4.78 is 0. The van der Waals surface area contributed by atoms with Crippen molar-refractivity contribution in [1.82, 2.24) is 9.80 Å². The van der Waals surface area contributed by atoms with E-state index >= 15 is 0 Å². The van der Waals surface area contributed by atoms with Gasteiger partial charge in [0, 0.05) is 42.9 Å². The highest BCUT2D eigenvalue weighted by molar-refractivity contribution is 6.04. The number of nitrogens with zero attached hydrogens (tertiary/aromatic N) is 2. The van der Waals surface area contributed by atoms with Crippen LogP contribution in [0.25, 0.3) is 0 Å². The molecule has 26 heavy (non-hydrogen) atoms. The van der Waals surface area contributed by atoms with Crippen LogP contribution in [0.3, 0.4) is 0 Å². The fourth-order valence-corrected chi connectivity index (χ4v) is 3.11. The van der Waals surface area contributed by atoms with Gasteiger partial charge in [-0.2, -0.15) is 0 Å². The van der Waals surface area contributed by atoms with Gasteiger partial charge in [0.05, 0.1) is 5.97 Å². The standard InChI is InChI=1S/C20H20N2O4/c1-14-6-2-3-7-15(14)18(23)21-10-12-22(13-11-21)19(24)16-8-4-5-9-17(16)20(25)26/h2-9H,10-13H2,1H3,(H,25,26)/p-1. The minimum absolute atomic E-state index is 0.0506. The summed E-state index contributed by atoms with van der Waals surface area (Å²) in [5.74, 6) is -1.78. The smallest absolute Gasteiger partial charge is 0.254 e. The fourth-order valence-electron chi connectivity index (χ4n) is 3.11. The molecule has 0 N–H and O–H groups in total. The van der Waals surface area contributed by atoms with Gasteiger partial charge in [-0.3, -0.25) is 9.59 Å². The van der Waals surface area contributed by atoms with E-state index in [4.69, 9.17) is 0 Å². The summed E-state index contributed by atoms with van der Waals surface area (Å²) in [4.78, 5) is 39.8. The number of hydrogen-bond acceptors (Lipinski definition) is 4. The molecule has 0 aromatic heterocycles. The molecule has 6 nitrogen and oxygen atoms in total. The van der Waals surface area contributed by atoms with Gasteiger partial charge in [-0.15, -0.1) is 0 Å². The molecule has 0 aliphatic carbocycles. The van der Waals surface area contributed by atoms with Gasteiger partial charge in [0.15, 0.2) is 0 Å². The fraction of sp³-hybridized carbons (Fsp3) is 0.250. The van der Waals surface area contributed by atoms with E-state index in [1.54, 1.807) is 28.0 Å². The van der Waals surface area contributed by atoms with E-state index in [1.807, 2.05) is 25.1 Å². The van der Waals surface area contributed by atoms with Crippen LogP contribution >= 0.6 is 0 Å². The molecule has 1 fully saturated rings. The Morgan fingerprint density at radius 1 is 0.731 bits per heavy atom. The van der Waals surface area contributed by atoms with Crippen LogP contribution in [0.5, 0.6) is 0 Å². The van der Waals surface area contributed by atoms with Crippen molar-refractivity contribution in [3.63, 3.8) is 0 Å². The van der Waals surface area contributed by atoms with Crippen LogP contribution in [-0.4, -0.2) is 53.8 Å². The van der Waals surface area contributed by atoms with Gasteiger partial charge in [0.1, 0.15) is 0 Å². The minimum atomic E-state index is -1.37. The van der Waals surface area contributed by atoms with Crippen molar-refractivity contribution < 1.29 is 19.5 Å². The molecule has 2 aromatic carbocycles. The number of rotatable bonds is 3. The van der Waals surface area contributed by atoms with E-state index in [1.165, 1.54) is 12.1 Å². The number of hydrogen-bond donors (Lipinski definition) is 0. The van der Waals surface area contributed by atoms with Crippen molar-refractivity contribution in [1.29, 1.82) is 0 Å². The van der Waals surface area contributed by atoms with E-state index in [9.17, 15) is 19.5 Å². The van der Waals surface area contributed by atoms with Crippen LogP contribution in [0.1, 0.15) is 36.6 Å². The maximum Gasteiger partial charge on any atom is 0.254 e. The third-order valence-corrected chi connectivity index (χ3v) is 4.61. The Morgan fingerprint density at radius 3 is 1.65 bits per heavy atom. The molecule has 1 saturated heterocycles. The van der Waals surface area contributed by atoms with Gasteiger partial charge < -0.3 is 19.7 Å². The van der Waals surface area contributed by atoms with Crippen LogP contribution in [0.4, 0.5) is 0 Å². The summed E-state index contributed by atoms with van der Waals surface area (Å²) in [7, 11) is 0. The summed E-state index contributed by atoms with van der Waals surface area (Å²) in [5.41, 5.74) is 1.58. The molecule has 0 spiro atoms. The molecule has 0 atom stereocenters. The number of carboxylic acid groups (broad SMARTS) is 1. The van der Waals surface area contributed by atoms with Crippen molar-refractivity contribution in [2.24, 2.45) is 0 Å². The van der Waals surface area contributed by atoms with Gasteiger partial charge in [-0.05, 0) is 24.6 Å². The molecule has 0 radical (unpaired) electrons. The average Bonchev–Trinajstić information content (AvgIpc) is 2.67. The number of carbonyl (C=O) groups is 3. The molecule has 0 unspecified atom stereocenters. The number of piperazine rings is 1. The van der Waals surface area contributed by atoms with Gasteiger partial charge in [-0.1, -0.05) is 36.4 Å². The van der Waals surface area contributed by atoms with Crippen LogP contribution in [0, 0.1) is 6.92 Å². The Hall–Kier alpha value is -3.15. The molecule has 2 aromatic rings. The van der Waals surface area contributed by atoms with E-state index in [-0.39, 0.29) is 22.9 Å². The van der Waals surface area contributed by atoms with E-state index in [0.29, 0.717) is 31.7 Å². The maximum absolute atomic E-state index is 12.7. The lowest BCUT2D eigenvalue weighted by atomic mass is 10.1. The second kappa shape index (κ2) is 7.39. The lowest BCUT2D eigenvalue weighted by Crippen LogP contribution is -2.51. The summed E-state index contributed by atoms with van der Waals surface area (Å²) >= 11 is 0. The Bertz CT molecular complexity index is 854. The lowest BCUT2D eigenvalue weighted by Gasteiger charge is -2.35. The average molecular weight is 351 g/mol. The number of carbonyl (C=O) groups excluding carboxylic acids is 3. The molecule has 1 aliphatic heterocycles. The van der Waals surface area contributed by atoms with Crippen molar-refractivity contribution in [3.05, 3.63) is 70.8 Å². The van der Waals surface area contributed by atoms with Crippen molar-refractivity contribution in [3.8, 4) is 0 Å². The molecule has 1 aliphatic rings. The highest BCUT2D eigenvalue weighted by atomic mass is 16.4. The quantitative estimate of drug-likeness (QED) is 0.825. The Balaban J connectivity index is 1.69. The highest BCUT2D eigenvalue weighted by Crippen LogP contribution is 2.16. The van der Waals surface area contributed by atoms with E-state index in [0.717, 1.165) is 5.56 Å². The predicted molar refractivity (Wildman–Crippen MR) is 93.8 cm³/mol. The monoisotopic (exact) mass is 351 g/mol. The molecule has 2 amide bonds. The highest BCUT2D eigenvalue weighted by Gasteiger charge is 2.27. The number of benzene rings is 2. The van der Waals surface area contributed by atoms with Crippen molar-refractivity contribution in [2.45, 2.75) is 6.92 Å². The van der Waals surface area contributed by atoms with Gasteiger partial charge in [0.2, 0.25) is 0 Å². The molecular formula is C20H19N2O4-. The molecule has 3 rings (SSSR count). The second-order valence-electron chi connectivity index (χ2n) is 6.23. The summed E-state index contributed by atoms with van der Waals surface area (Å²) in [5, 5.41) is 11.2. The van der Waals surface area contributed by atoms with Crippen LogP contribution < -0.4 is 5.11 Å². The van der Waals surface area contributed by atoms with Crippen LogP contribution in [-0.2, 0) is 0 Å². The molecule has 0 bridgehead atoms. The van der Waals surface area contributed by atoms with Crippen molar-refractivity contribution >= 4 is 17.8 Å². The van der Waals surface area contributed by atoms with Crippen LogP contribution in [0.2, 0.25) is 0 Å². The maximum atomic E-state index is 12.7. The second-order valence-corrected chi connectivity index (χ2v) is 6.23. The Kier molecular flexibility index (Phi) is 5.02. The largest absolute Gasteiger partial charge is 0.545 e. The van der Waals surface area contributed by atoms with E-state index < -0.39 is 5.97 Å². The predicted octanol–water partition coefficient (Wildman–Crippen LogP) is 0.957. The Morgan fingerprint density at radius 2 is 1.15 bits per heavy atom. The number of aryl methyl sites for hydroxylation is 1. The van der Waals surface area contributed by atoms with Crippen molar-refractivity contribution in [2.75, 3.05) is 26.2 Å². The molecule has 0 saturated carbocycles. The van der Waals surface area contributed by atoms with Gasteiger partial charge >= 0.3 is 0 Å². The third-order valence-electron chi connectivity index (χ3n) is 4.61. The number of carboxylic acids is 1. The number of amides is 2. The zero-order valence-corrected chi connectivity index (χ0v) is 14.5. The van der Waals surface area contributed by atoms with Gasteiger partial charge in [-0.25, -0.2) is 0 Å². The van der Waals surface area contributed by atoms with Gasteiger partial charge in [0.25, 0.3) is 11.8 Å². The number of aromatic carboxylic acids is 1. The molecule has 6 heteroatoms. The summed E-state index contributed by atoms with van der Waals surface area (Å²) in [6, 6.07) is 13.4. The molecular weight excluding hydrogens is 332 g/mol. The summed E-state index contributed by atoms with van der Waals surface area (Å²) in [6.45, 7) is 3.43. The first-order valence-corrected chi connectivity index (χ1v) is 8.43. The molecule has 134 valence electrons. The summed E-state index contributed by atoms with van der Waals surface area (Å²) in [6.07, 6.45) is 0. The normalized spacial score (nSPS) is 14.2. The first-order valence-electron chi connectivity index (χ1n) is 8.43. The SMILES string of the molecule is Cc1ccccc1C(=O)N1CCN(C(=O)c2ccccc2C(=O)[O-])CC1. The zero-order chi connectivity index (χ0) is 18.7. The minimum Gasteiger partial charge on any atom is -0.545 e. The first kappa shape index (κ1) is 17.7. The lowest BCUT2D eigenvalue weighted by molar-refractivity contribution is -0.255. The zero-order valence-electron chi connectivity index (χ0n) is 14.5. The first-order chi connectivity index (χ1) is 12.5.